The molecule has 0 aliphatic carbocycles. The summed E-state index contributed by atoms with van der Waals surface area (Å²) in [5.74, 6) is 0.790. The summed E-state index contributed by atoms with van der Waals surface area (Å²) in [5, 5.41) is 5.40. The SMILES string of the molecule is c1ccc(-c2ncc3c(-c4cccs4)csc3n2)cc1. The molecule has 0 aliphatic rings. The van der Waals surface area contributed by atoms with Gasteiger partial charge in [-0.3, -0.25) is 0 Å². The smallest absolute Gasteiger partial charge is 0.160 e. The van der Waals surface area contributed by atoms with Gasteiger partial charge < -0.3 is 0 Å². The van der Waals surface area contributed by atoms with Crippen LogP contribution in [-0.2, 0) is 0 Å². The normalized spacial score (nSPS) is 11.0. The summed E-state index contributed by atoms with van der Waals surface area (Å²) in [5.41, 5.74) is 2.29. The van der Waals surface area contributed by atoms with Gasteiger partial charge in [0.25, 0.3) is 0 Å². The van der Waals surface area contributed by atoms with Crippen LogP contribution >= 0.6 is 22.7 Å². The lowest BCUT2D eigenvalue weighted by Crippen LogP contribution is -1.87. The predicted molar refractivity (Wildman–Crippen MR) is 86.2 cm³/mol. The van der Waals surface area contributed by atoms with Gasteiger partial charge in [-0.15, -0.1) is 22.7 Å². The second-order valence-electron chi connectivity index (χ2n) is 4.41. The van der Waals surface area contributed by atoms with Gasteiger partial charge in [0.15, 0.2) is 5.82 Å². The first-order chi connectivity index (χ1) is 9.92. The first kappa shape index (κ1) is 11.8. The number of nitrogens with zero attached hydrogens (tertiary/aromatic N) is 2. The van der Waals surface area contributed by atoms with Crippen molar-refractivity contribution < 1.29 is 0 Å². The van der Waals surface area contributed by atoms with Gasteiger partial charge in [0.1, 0.15) is 4.83 Å². The van der Waals surface area contributed by atoms with Gasteiger partial charge in [-0.1, -0.05) is 36.4 Å². The Hall–Kier alpha value is -2.04. The van der Waals surface area contributed by atoms with Gasteiger partial charge in [0.05, 0.1) is 0 Å². The molecule has 0 saturated carbocycles. The van der Waals surface area contributed by atoms with E-state index in [-0.39, 0.29) is 0 Å². The maximum atomic E-state index is 4.69. The van der Waals surface area contributed by atoms with Gasteiger partial charge in [-0.25, -0.2) is 9.97 Å². The van der Waals surface area contributed by atoms with Gasteiger partial charge in [0.2, 0.25) is 0 Å². The van der Waals surface area contributed by atoms with Crippen LogP contribution in [0.3, 0.4) is 0 Å². The average molecular weight is 294 g/mol. The van der Waals surface area contributed by atoms with Crippen LogP contribution in [0.1, 0.15) is 0 Å². The fourth-order valence-corrected chi connectivity index (χ4v) is 3.91. The maximum absolute atomic E-state index is 4.69. The molecule has 3 aromatic heterocycles. The third-order valence-electron chi connectivity index (χ3n) is 3.15. The zero-order chi connectivity index (χ0) is 13.4. The first-order valence-corrected chi connectivity index (χ1v) is 8.01. The number of thiophene rings is 2. The quantitative estimate of drug-likeness (QED) is 0.515. The predicted octanol–water partition coefficient (Wildman–Crippen LogP) is 5.09. The number of hydrogen-bond donors (Lipinski definition) is 0. The molecule has 0 amide bonds. The Kier molecular flexibility index (Phi) is 2.83. The number of hydrogen-bond acceptors (Lipinski definition) is 4. The second kappa shape index (κ2) is 4.81. The van der Waals surface area contributed by atoms with Crippen LogP contribution in [0.15, 0.2) is 59.4 Å². The Morgan fingerprint density at radius 3 is 2.60 bits per heavy atom. The van der Waals surface area contributed by atoms with E-state index in [1.807, 2.05) is 36.5 Å². The van der Waals surface area contributed by atoms with E-state index in [0.717, 1.165) is 21.6 Å². The standard InChI is InChI=1S/C16H10N2S2/c1-2-5-11(6-3-1)15-17-9-12-13(10-20-16(12)18-15)14-7-4-8-19-14/h1-10H. The summed E-state index contributed by atoms with van der Waals surface area (Å²) in [6, 6.07) is 14.3. The first-order valence-electron chi connectivity index (χ1n) is 6.25. The van der Waals surface area contributed by atoms with Gasteiger partial charge >= 0.3 is 0 Å². The molecule has 4 rings (SSSR count). The monoisotopic (exact) mass is 294 g/mol. The van der Waals surface area contributed by atoms with Crippen molar-refractivity contribution in [1.29, 1.82) is 0 Å². The Morgan fingerprint density at radius 2 is 1.80 bits per heavy atom. The molecule has 96 valence electrons. The van der Waals surface area contributed by atoms with Crippen molar-refractivity contribution in [3.8, 4) is 21.8 Å². The van der Waals surface area contributed by atoms with Crippen LogP contribution in [-0.4, -0.2) is 9.97 Å². The van der Waals surface area contributed by atoms with Crippen molar-refractivity contribution in [1.82, 2.24) is 9.97 Å². The third-order valence-corrected chi connectivity index (χ3v) is 4.94. The van der Waals surface area contributed by atoms with E-state index in [1.54, 1.807) is 22.7 Å². The highest BCUT2D eigenvalue weighted by molar-refractivity contribution is 7.18. The lowest BCUT2D eigenvalue weighted by molar-refractivity contribution is 1.24. The minimum Gasteiger partial charge on any atom is -0.236 e. The molecule has 0 fully saturated rings. The van der Waals surface area contributed by atoms with Crippen molar-refractivity contribution in [2.75, 3.05) is 0 Å². The molecule has 3 heterocycles. The second-order valence-corrected chi connectivity index (χ2v) is 6.21. The summed E-state index contributed by atoms with van der Waals surface area (Å²) < 4.78 is 0. The van der Waals surface area contributed by atoms with Crippen molar-refractivity contribution in [2.24, 2.45) is 0 Å². The van der Waals surface area contributed by atoms with E-state index in [1.165, 1.54) is 10.4 Å². The summed E-state index contributed by atoms with van der Waals surface area (Å²) in [6.45, 7) is 0. The largest absolute Gasteiger partial charge is 0.236 e. The van der Waals surface area contributed by atoms with E-state index in [0.29, 0.717) is 0 Å². The molecule has 0 bridgehead atoms. The van der Waals surface area contributed by atoms with Crippen LogP contribution in [0, 0.1) is 0 Å². The van der Waals surface area contributed by atoms with E-state index in [9.17, 15) is 0 Å². The van der Waals surface area contributed by atoms with Crippen molar-refractivity contribution >= 4 is 32.9 Å². The highest BCUT2D eigenvalue weighted by Crippen LogP contribution is 2.35. The van der Waals surface area contributed by atoms with Gasteiger partial charge in [-0.05, 0) is 11.4 Å². The van der Waals surface area contributed by atoms with Gasteiger partial charge in [-0.2, -0.15) is 0 Å². The Balaban J connectivity index is 1.87. The summed E-state index contributed by atoms with van der Waals surface area (Å²) in [4.78, 5) is 11.5. The number of rotatable bonds is 2. The van der Waals surface area contributed by atoms with Crippen molar-refractivity contribution in [3.05, 3.63) is 59.4 Å². The van der Waals surface area contributed by atoms with Crippen molar-refractivity contribution in [3.63, 3.8) is 0 Å². The molecule has 4 aromatic rings. The molecule has 0 N–H and O–H groups in total. The molecule has 4 heteroatoms. The van der Waals surface area contributed by atoms with E-state index < -0.39 is 0 Å². The maximum Gasteiger partial charge on any atom is 0.160 e. The Bertz CT molecular complexity index is 849. The zero-order valence-corrected chi connectivity index (χ0v) is 12.1. The van der Waals surface area contributed by atoms with Crippen LogP contribution in [0.2, 0.25) is 0 Å². The lowest BCUT2D eigenvalue weighted by atomic mass is 10.2. The fraction of sp³-hybridized carbons (Fsp3) is 0. The molecule has 0 saturated heterocycles. The molecule has 0 spiro atoms. The van der Waals surface area contributed by atoms with Crippen molar-refractivity contribution in [2.45, 2.75) is 0 Å². The summed E-state index contributed by atoms with van der Waals surface area (Å²) in [6.07, 6.45) is 1.94. The van der Waals surface area contributed by atoms with Crippen LogP contribution in [0.4, 0.5) is 0 Å². The highest BCUT2D eigenvalue weighted by Gasteiger charge is 2.10. The lowest BCUT2D eigenvalue weighted by Gasteiger charge is -2.00. The van der Waals surface area contributed by atoms with E-state index in [4.69, 9.17) is 0 Å². The minimum atomic E-state index is 0.790. The van der Waals surface area contributed by atoms with Crippen LogP contribution in [0.5, 0.6) is 0 Å². The molecular weight excluding hydrogens is 284 g/mol. The molecule has 0 atom stereocenters. The highest BCUT2D eigenvalue weighted by atomic mass is 32.1. The zero-order valence-electron chi connectivity index (χ0n) is 10.5. The molecule has 20 heavy (non-hydrogen) atoms. The number of fused-ring (bicyclic) bond motifs is 1. The Labute approximate surface area is 124 Å². The summed E-state index contributed by atoms with van der Waals surface area (Å²) >= 11 is 3.42. The number of aromatic nitrogens is 2. The average Bonchev–Trinajstić information content (AvgIpc) is 3.16. The molecule has 0 aliphatic heterocycles. The molecular formula is C16H10N2S2. The molecule has 1 aromatic carbocycles. The summed E-state index contributed by atoms with van der Waals surface area (Å²) in [7, 11) is 0. The molecule has 0 unspecified atom stereocenters. The molecule has 0 radical (unpaired) electrons. The number of benzene rings is 1. The Morgan fingerprint density at radius 1 is 0.900 bits per heavy atom. The van der Waals surface area contributed by atoms with Gasteiger partial charge in [0, 0.05) is 33.0 Å². The van der Waals surface area contributed by atoms with Crippen LogP contribution in [0.25, 0.3) is 32.0 Å². The van der Waals surface area contributed by atoms with E-state index in [2.05, 4.69) is 32.9 Å². The fourth-order valence-electron chi connectivity index (χ4n) is 2.17. The minimum absolute atomic E-state index is 0.790. The third kappa shape index (κ3) is 1.94. The topological polar surface area (TPSA) is 25.8 Å². The molecule has 2 nitrogen and oxygen atoms in total. The van der Waals surface area contributed by atoms with Crippen LogP contribution < -0.4 is 0 Å². The van der Waals surface area contributed by atoms with E-state index >= 15 is 0 Å².